The van der Waals surface area contributed by atoms with Crippen LogP contribution in [-0.4, -0.2) is 12.5 Å². The van der Waals surface area contributed by atoms with Crippen LogP contribution in [0.15, 0.2) is 46.9 Å². The summed E-state index contributed by atoms with van der Waals surface area (Å²) < 4.78 is 13.7. The van der Waals surface area contributed by atoms with E-state index in [4.69, 9.17) is 11.6 Å². The third-order valence-corrected chi connectivity index (χ3v) is 3.39. The van der Waals surface area contributed by atoms with Crippen LogP contribution in [0.2, 0.25) is 5.02 Å². The van der Waals surface area contributed by atoms with E-state index in [1.807, 2.05) is 6.07 Å². The lowest BCUT2D eigenvalue weighted by molar-refractivity contribution is 0.0954. The summed E-state index contributed by atoms with van der Waals surface area (Å²) in [6.45, 7) is 0.437. The highest BCUT2D eigenvalue weighted by Crippen LogP contribution is 2.19. The smallest absolute Gasteiger partial charge is 0.251 e. The molecule has 0 saturated carbocycles. The number of hydrogen-bond donors (Lipinski definition) is 1. The van der Waals surface area contributed by atoms with Crippen molar-refractivity contribution in [1.82, 2.24) is 5.32 Å². The van der Waals surface area contributed by atoms with Crippen molar-refractivity contribution in [2.24, 2.45) is 0 Å². The second-order valence-corrected chi connectivity index (χ2v) is 5.65. The number of benzene rings is 2. The maximum absolute atomic E-state index is 13.0. The molecule has 20 heavy (non-hydrogen) atoms. The van der Waals surface area contributed by atoms with E-state index in [-0.39, 0.29) is 11.7 Å². The molecule has 0 aromatic heterocycles. The van der Waals surface area contributed by atoms with Crippen LogP contribution in [-0.2, 0) is 6.42 Å². The summed E-state index contributed by atoms with van der Waals surface area (Å²) in [5, 5.41) is 3.28. The molecule has 2 nitrogen and oxygen atoms in total. The Morgan fingerprint density at radius 3 is 2.75 bits per heavy atom. The summed E-state index contributed by atoms with van der Waals surface area (Å²) in [5.74, 6) is -0.475. The highest BCUT2D eigenvalue weighted by Gasteiger charge is 2.07. The first-order valence-electron chi connectivity index (χ1n) is 6.03. The number of nitrogens with one attached hydrogen (secondary N) is 1. The minimum Gasteiger partial charge on any atom is -0.352 e. The minimum absolute atomic E-state index is 0.204. The highest BCUT2D eigenvalue weighted by atomic mass is 79.9. The Balaban J connectivity index is 1.92. The van der Waals surface area contributed by atoms with Gasteiger partial charge in [0.15, 0.2) is 0 Å². The first-order chi connectivity index (χ1) is 9.54. The fourth-order valence-corrected chi connectivity index (χ4v) is 2.66. The van der Waals surface area contributed by atoms with Crippen molar-refractivity contribution in [2.75, 3.05) is 6.54 Å². The van der Waals surface area contributed by atoms with E-state index in [0.717, 1.165) is 10.0 Å². The lowest BCUT2D eigenvalue weighted by Gasteiger charge is -2.06. The van der Waals surface area contributed by atoms with Gasteiger partial charge in [-0.1, -0.05) is 39.7 Å². The summed E-state index contributed by atoms with van der Waals surface area (Å²) in [4.78, 5) is 11.9. The SMILES string of the molecule is O=C(NCCc1cccc(F)c1)c1cc(Cl)cc(Br)c1. The number of amides is 1. The second kappa shape index (κ2) is 6.86. The zero-order chi connectivity index (χ0) is 14.5. The van der Waals surface area contributed by atoms with Crippen LogP contribution in [0.5, 0.6) is 0 Å². The molecule has 2 aromatic carbocycles. The maximum Gasteiger partial charge on any atom is 0.251 e. The largest absolute Gasteiger partial charge is 0.352 e. The zero-order valence-corrected chi connectivity index (χ0v) is 12.8. The summed E-state index contributed by atoms with van der Waals surface area (Å²) in [6, 6.07) is 11.3. The van der Waals surface area contributed by atoms with Gasteiger partial charge in [-0.3, -0.25) is 4.79 Å². The number of hydrogen-bond acceptors (Lipinski definition) is 1. The first-order valence-corrected chi connectivity index (χ1v) is 7.20. The molecule has 5 heteroatoms. The van der Waals surface area contributed by atoms with Gasteiger partial charge in [-0.2, -0.15) is 0 Å². The molecule has 2 rings (SSSR count). The summed E-state index contributed by atoms with van der Waals surface area (Å²) in [5.41, 5.74) is 1.33. The first kappa shape index (κ1) is 15.0. The molecule has 1 N–H and O–H groups in total. The molecular weight excluding hydrogens is 345 g/mol. The van der Waals surface area contributed by atoms with E-state index in [1.165, 1.54) is 12.1 Å². The van der Waals surface area contributed by atoms with E-state index >= 15 is 0 Å². The van der Waals surface area contributed by atoms with Crippen molar-refractivity contribution in [3.63, 3.8) is 0 Å². The van der Waals surface area contributed by atoms with Crippen molar-refractivity contribution in [3.05, 3.63) is 68.9 Å². The average Bonchev–Trinajstić information content (AvgIpc) is 2.37. The molecule has 0 bridgehead atoms. The van der Waals surface area contributed by atoms with Gasteiger partial charge in [-0.25, -0.2) is 4.39 Å². The Bertz CT molecular complexity index is 613. The number of carbonyl (C=O) groups excluding carboxylic acids is 1. The summed E-state index contributed by atoms with van der Waals surface area (Å²) in [7, 11) is 0. The minimum atomic E-state index is -0.271. The van der Waals surface area contributed by atoms with Crippen LogP contribution in [0.25, 0.3) is 0 Å². The Kier molecular flexibility index (Phi) is 5.15. The Labute approximate surface area is 130 Å². The molecule has 0 radical (unpaired) electrons. The zero-order valence-electron chi connectivity index (χ0n) is 10.5. The Morgan fingerprint density at radius 1 is 1.25 bits per heavy atom. The van der Waals surface area contributed by atoms with Gasteiger partial charge < -0.3 is 5.32 Å². The van der Waals surface area contributed by atoms with Gasteiger partial charge in [0.1, 0.15) is 5.82 Å². The van der Waals surface area contributed by atoms with E-state index < -0.39 is 0 Å². The second-order valence-electron chi connectivity index (χ2n) is 4.29. The summed E-state index contributed by atoms with van der Waals surface area (Å²) >= 11 is 9.18. The number of rotatable bonds is 4. The van der Waals surface area contributed by atoms with Crippen molar-refractivity contribution >= 4 is 33.4 Å². The normalized spacial score (nSPS) is 10.3. The standard InChI is InChI=1S/C15H12BrClFNO/c16-12-7-11(8-13(17)9-12)15(20)19-5-4-10-2-1-3-14(18)6-10/h1-3,6-9H,4-5H2,(H,19,20). The van der Waals surface area contributed by atoms with Gasteiger partial charge in [0.25, 0.3) is 5.91 Å². The third kappa shape index (κ3) is 4.32. The Morgan fingerprint density at radius 2 is 2.05 bits per heavy atom. The molecule has 0 saturated heterocycles. The van der Waals surface area contributed by atoms with Gasteiger partial charge >= 0.3 is 0 Å². The molecule has 0 aliphatic rings. The van der Waals surface area contributed by atoms with Gasteiger partial charge in [0.2, 0.25) is 0 Å². The number of carbonyl (C=O) groups is 1. The van der Waals surface area contributed by atoms with E-state index in [0.29, 0.717) is 23.6 Å². The molecule has 0 fully saturated rings. The topological polar surface area (TPSA) is 29.1 Å². The van der Waals surface area contributed by atoms with Crippen molar-refractivity contribution in [3.8, 4) is 0 Å². The molecule has 0 spiro atoms. The monoisotopic (exact) mass is 355 g/mol. The Hall–Kier alpha value is -1.39. The van der Waals surface area contributed by atoms with E-state index in [2.05, 4.69) is 21.2 Å². The van der Waals surface area contributed by atoms with Gasteiger partial charge in [-0.15, -0.1) is 0 Å². The quantitative estimate of drug-likeness (QED) is 0.873. The van der Waals surface area contributed by atoms with Crippen LogP contribution in [0, 0.1) is 5.82 Å². The van der Waals surface area contributed by atoms with Crippen LogP contribution in [0.1, 0.15) is 15.9 Å². The van der Waals surface area contributed by atoms with Crippen LogP contribution >= 0.6 is 27.5 Å². The lowest BCUT2D eigenvalue weighted by atomic mass is 10.1. The third-order valence-electron chi connectivity index (χ3n) is 2.71. The highest BCUT2D eigenvalue weighted by molar-refractivity contribution is 9.10. The average molecular weight is 357 g/mol. The molecule has 0 atom stereocenters. The molecule has 2 aromatic rings. The fraction of sp³-hybridized carbons (Fsp3) is 0.133. The van der Waals surface area contributed by atoms with Crippen molar-refractivity contribution < 1.29 is 9.18 Å². The fourth-order valence-electron chi connectivity index (χ4n) is 1.80. The molecule has 0 unspecified atom stereocenters. The lowest BCUT2D eigenvalue weighted by Crippen LogP contribution is -2.25. The molecule has 0 aliphatic carbocycles. The van der Waals surface area contributed by atoms with Crippen LogP contribution < -0.4 is 5.32 Å². The molecule has 0 heterocycles. The van der Waals surface area contributed by atoms with Crippen molar-refractivity contribution in [2.45, 2.75) is 6.42 Å². The van der Waals surface area contributed by atoms with Gasteiger partial charge in [-0.05, 0) is 42.3 Å². The molecule has 104 valence electrons. The van der Waals surface area contributed by atoms with E-state index in [9.17, 15) is 9.18 Å². The van der Waals surface area contributed by atoms with Crippen LogP contribution in [0.3, 0.4) is 0 Å². The predicted octanol–water partition coefficient (Wildman–Crippen LogP) is 4.21. The maximum atomic E-state index is 13.0. The predicted molar refractivity (Wildman–Crippen MR) is 81.6 cm³/mol. The van der Waals surface area contributed by atoms with Gasteiger partial charge in [0, 0.05) is 21.6 Å². The molecular formula is C15H12BrClFNO. The summed E-state index contributed by atoms with van der Waals surface area (Å²) in [6.07, 6.45) is 0.575. The van der Waals surface area contributed by atoms with Crippen LogP contribution in [0.4, 0.5) is 4.39 Å². The van der Waals surface area contributed by atoms with Gasteiger partial charge in [0.05, 0.1) is 0 Å². The molecule has 0 aliphatic heterocycles. The number of halogens is 3. The molecule has 1 amide bonds. The van der Waals surface area contributed by atoms with Crippen molar-refractivity contribution in [1.29, 1.82) is 0 Å². The van der Waals surface area contributed by atoms with E-state index in [1.54, 1.807) is 24.3 Å².